The first-order chi connectivity index (χ1) is 9.65. The Morgan fingerprint density at radius 1 is 1.40 bits per heavy atom. The van der Waals surface area contributed by atoms with E-state index in [2.05, 4.69) is 17.2 Å². The number of anilines is 1. The van der Waals surface area contributed by atoms with E-state index in [1.807, 2.05) is 37.3 Å². The molecule has 0 radical (unpaired) electrons. The molecule has 5 heteroatoms. The third-order valence-corrected chi connectivity index (χ3v) is 3.96. The number of ether oxygens (including phenoxy) is 1. The number of aromatic nitrogens is 1. The zero-order valence-corrected chi connectivity index (χ0v) is 12.7. The van der Waals surface area contributed by atoms with Crippen molar-refractivity contribution in [2.24, 2.45) is 0 Å². The summed E-state index contributed by atoms with van der Waals surface area (Å²) in [4.78, 5) is 17.8. The average molecular weight is 290 g/mol. The lowest BCUT2D eigenvalue weighted by atomic mass is 10.1. The van der Waals surface area contributed by atoms with Crippen LogP contribution in [0.3, 0.4) is 0 Å². The molecule has 0 aliphatic rings. The number of carbonyl (C=O) groups excluding carboxylic acids is 1. The van der Waals surface area contributed by atoms with Crippen molar-refractivity contribution in [1.82, 2.24) is 4.98 Å². The van der Waals surface area contributed by atoms with Crippen molar-refractivity contribution in [3.8, 4) is 0 Å². The van der Waals surface area contributed by atoms with Crippen LogP contribution in [0.4, 0.5) is 5.13 Å². The van der Waals surface area contributed by atoms with Crippen molar-refractivity contribution >= 4 is 22.4 Å². The number of methoxy groups -OCH3 is 1. The van der Waals surface area contributed by atoms with Gasteiger partial charge in [-0.3, -0.25) is 10.1 Å². The number of nitrogens with one attached hydrogen (secondary N) is 1. The predicted molar refractivity (Wildman–Crippen MR) is 81.1 cm³/mol. The van der Waals surface area contributed by atoms with Gasteiger partial charge in [0, 0.05) is 12.0 Å². The van der Waals surface area contributed by atoms with Crippen molar-refractivity contribution in [3.63, 3.8) is 0 Å². The van der Waals surface area contributed by atoms with E-state index in [1.165, 1.54) is 18.4 Å². The Morgan fingerprint density at radius 3 is 2.65 bits per heavy atom. The standard InChI is InChI=1S/C15H18N2O2S/c1-4-12-10(2)20-15(16-12)17-14(18)13(19-3)11-8-6-5-7-9-11/h5-9,13H,4H2,1-3H3,(H,16,17,18)/t13-/m1/s1. The lowest BCUT2D eigenvalue weighted by Gasteiger charge is -2.14. The molecule has 1 atom stereocenters. The van der Waals surface area contributed by atoms with E-state index >= 15 is 0 Å². The van der Waals surface area contributed by atoms with Crippen molar-refractivity contribution in [3.05, 3.63) is 46.5 Å². The van der Waals surface area contributed by atoms with Crippen LogP contribution in [0, 0.1) is 6.92 Å². The molecule has 0 aliphatic carbocycles. The number of amides is 1. The van der Waals surface area contributed by atoms with E-state index in [0.29, 0.717) is 5.13 Å². The Balaban J connectivity index is 2.13. The van der Waals surface area contributed by atoms with Crippen LogP contribution in [-0.2, 0) is 16.0 Å². The fourth-order valence-electron chi connectivity index (χ4n) is 2.00. The van der Waals surface area contributed by atoms with Gasteiger partial charge in [-0.25, -0.2) is 4.98 Å². The smallest absolute Gasteiger partial charge is 0.259 e. The second-order valence-electron chi connectivity index (χ2n) is 4.39. The van der Waals surface area contributed by atoms with Crippen LogP contribution in [0.2, 0.25) is 0 Å². The number of thiazole rings is 1. The summed E-state index contributed by atoms with van der Waals surface area (Å²) in [5.74, 6) is -0.199. The Bertz CT molecular complexity index is 581. The van der Waals surface area contributed by atoms with Gasteiger partial charge in [0.2, 0.25) is 0 Å². The molecule has 106 valence electrons. The lowest BCUT2D eigenvalue weighted by molar-refractivity contribution is -0.126. The van der Waals surface area contributed by atoms with E-state index in [4.69, 9.17) is 4.74 Å². The zero-order chi connectivity index (χ0) is 14.5. The number of benzene rings is 1. The number of nitrogens with zero attached hydrogens (tertiary/aromatic N) is 1. The molecule has 0 saturated carbocycles. The summed E-state index contributed by atoms with van der Waals surface area (Å²) in [6.45, 7) is 4.06. The molecule has 1 aromatic heterocycles. The number of hydrogen-bond acceptors (Lipinski definition) is 4. The summed E-state index contributed by atoms with van der Waals surface area (Å²) >= 11 is 1.49. The molecule has 1 N–H and O–H groups in total. The highest BCUT2D eigenvalue weighted by molar-refractivity contribution is 7.15. The zero-order valence-electron chi connectivity index (χ0n) is 11.8. The monoisotopic (exact) mass is 290 g/mol. The third kappa shape index (κ3) is 3.23. The maximum Gasteiger partial charge on any atom is 0.259 e. The summed E-state index contributed by atoms with van der Waals surface area (Å²) in [6, 6.07) is 9.43. The number of hydrogen-bond donors (Lipinski definition) is 1. The van der Waals surface area contributed by atoms with E-state index in [1.54, 1.807) is 0 Å². The van der Waals surface area contributed by atoms with Gasteiger partial charge in [0.15, 0.2) is 11.2 Å². The van der Waals surface area contributed by atoms with Crippen LogP contribution in [0.1, 0.15) is 29.2 Å². The van der Waals surface area contributed by atoms with Gasteiger partial charge in [0.1, 0.15) is 0 Å². The van der Waals surface area contributed by atoms with Gasteiger partial charge >= 0.3 is 0 Å². The first-order valence-electron chi connectivity index (χ1n) is 6.50. The maximum atomic E-state index is 12.3. The minimum Gasteiger partial charge on any atom is -0.367 e. The van der Waals surface area contributed by atoms with Crippen LogP contribution in [0.5, 0.6) is 0 Å². The molecule has 0 spiro atoms. The lowest BCUT2D eigenvalue weighted by Crippen LogP contribution is -2.22. The molecule has 0 unspecified atom stereocenters. The van der Waals surface area contributed by atoms with E-state index < -0.39 is 6.10 Å². The molecular weight excluding hydrogens is 272 g/mol. The number of rotatable bonds is 5. The molecule has 1 aromatic carbocycles. The molecule has 0 aliphatic heterocycles. The SMILES string of the molecule is CCc1nc(NC(=O)[C@H](OC)c2ccccc2)sc1C. The molecule has 1 amide bonds. The van der Waals surface area contributed by atoms with E-state index in [0.717, 1.165) is 22.6 Å². The number of carbonyl (C=O) groups is 1. The Morgan fingerprint density at radius 2 is 2.10 bits per heavy atom. The molecule has 2 rings (SSSR count). The highest BCUT2D eigenvalue weighted by Gasteiger charge is 2.21. The predicted octanol–water partition coefficient (Wildman–Crippen LogP) is 3.34. The molecular formula is C15H18N2O2S. The third-order valence-electron chi connectivity index (χ3n) is 3.03. The topological polar surface area (TPSA) is 51.2 Å². The fourth-order valence-corrected chi connectivity index (χ4v) is 2.91. The van der Waals surface area contributed by atoms with Crippen molar-refractivity contribution in [2.75, 3.05) is 12.4 Å². The minimum atomic E-state index is -0.620. The second kappa shape index (κ2) is 6.63. The van der Waals surface area contributed by atoms with Gasteiger partial charge in [-0.15, -0.1) is 11.3 Å². The Labute approximate surface area is 122 Å². The van der Waals surface area contributed by atoms with Crippen LogP contribution in [-0.4, -0.2) is 18.0 Å². The molecule has 2 aromatic rings. The number of aryl methyl sites for hydroxylation is 2. The normalized spacial score (nSPS) is 12.2. The van der Waals surface area contributed by atoms with Crippen molar-refractivity contribution in [1.29, 1.82) is 0 Å². The molecule has 4 nitrogen and oxygen atoms in total. The molecule has 0 saturated heterocycles. The van der Waals surface area contributed by atoms with E-state index in [9.17, 15) is 4.79 Å². The first kappa shape index (κ1) is 14.7. The van der Waals surface area contributed by atoms with Gasteiger partial charge < -0.3 is 4.74 Å². The second-order valence-corrected chi connectivity index (χ2v) is 5.59. The highest BCUT2D eigenvalue weighted by Crippen LogP contribution is 2.24. The fraction of sp³-hybridized carbons (Fsp3) is 0.333. The first-order valence-corrected chi connectivity index (χ1v) is 7.32. The van der Waals surface area contributed by atoms with Crippen LogP contribution >= 0.6 is 11.3 Å². The summed E-state index contributed by atoms with van der Waals surface area (Å²) in [7, 11) is 1.53. The highest BCUT2D eigenvalue weighted by atomic mass is 32.1. The summed E-state index contributed by atoms with van der Waals surface area (Å²) in [5.41, 5.74) is 1.86. The van der Waals surface area contributed by atoms with Crippen LogP contribution in [0.15, 0.2) is 30.3 Å². The van der Waals surface area contributed by atoms with Crippen LogP contribution < -0.4 is 5.32 Å². The van der Waals surface area contributed by atoms with Gasteiger partial charge in [0.05, 0.1) is 5.69 Å². The van der Waals surface area contributed by atoms with Crippen molar-refractivity contribution in [2.45, 2.75) is 26.4 Å². The van der Waals surface area contributed by atoms with Gasteiger partial charge in [-0.1, -0.05) is 37.3 Å². The molecule has 0 bridgehead atoms. The van der Waals surface area contributed by atoms with Gasteiger partial charge in [0.25, 0.3) is 5.91 Å². The maximum absolute atomic E-state index is 12.3. The largest absolute Gasteiger partial charge is 0.367 e. The Kier molecular flexibility index (Phi) is 4.87. The molecule has 1 heterocycles. The quantitative estimate of drug-likeness (QED) is 0.919. The molecule has 20 heavy (non-hydrogen) atoms. The van der Waals surface area contributed by atoms with E-state index in [-0.39, 0.29) is 5.91 Å². The van der Waals surface area contributed by atoms with Gasteiger partial charge in [-0.2, -0.15) is 0 Å². The summed E-state index contributed by atoms with van der Waals surface area (Å²) in [5, 5.41) is 3.46. The minimum absolute atomic E-state index is 0.199. The Hall–Kier alpha value is -1.72. The summed E-state index contributed by atoms with van der Waals surface area (Å²) < 4.78 is 5.30. The average Bonchev–Trinajstić information content (AvgIpc) is 2.80. The van der Waals surface area contributed by atoms with Crippen LogP contribution in [0.25, 0.3) is 0 Å². The molecule has 0 fully saturated rings. The van der Waals surface area contributed by atoms with Crippen molar-refractivity contribution < 1.29 is 9.53 Å². The summed E-state index contributed by atoms with van der Waals surface area (Å²) in [6.07, 6.45) is 0.246. The van der Waals surface area contributed by atoms with Gasteiger partial charge in [-0.05, 0) is 18.9 Å².